The summed E-state index contributed by atoms with van der Waals surface area (Å²) < 4.78 is 19.2. The summed E-state index contributed by atoms with van der Waals surface area (Å²) in [6.45, 7) is 7.56. The number of nitrogens with one attached hydrogen (secondary N) is 1. The van der Waals surface area contributed by atoms with Crippen molar-refractivity contribution in [2.75, 3.05) is 6.54 Å². The molecule has 0 fully saturated rings. The Hall–Kier alpha value is -2.01. The standard InChI is InChI=1S/C16H20FN3O/c1-11(2)9-18-10-13-7-8-15(20-19-13)21-14-6-4-5-12(3)16(14)17/h4-8,11,18H,9-10H2,1-3H3. The van der Waals surface area contributed by atoms with Crippen molar-refractivity contribution in [3.8, 4) is 11.6 Å². The second-order valence-electron chi connectivity index (χ2n) is 5.38. The number of aryl methyl sites for hydroxylation is 1. The van der Waals surface area contributed by atoms with Crippen molar-refractivity contribution in [1.82, 2.24) is 15.5 Å². The van der Waals surface area contributed by atoms with Gasteiger partial charge < -0.3 is 10.1 Å². The molecule has 0 radical (unpaired) electrons. The molecule has 1 aromatic heterocycles. The summed E-state index contributed by atoms with van der Waals surface area (Å²) in [6.07, 6.45) is 0. The van der Waals surface area contributed by atoms with Crippen LogP contribution in [0.25, 0.3) is 0 Å². The number of hydrogen-bond donors (Lipinski definition) is 1. The number of nitrogens with zero attached hydrogens (tertiary/aromatic N) is 2. The minimum absolute atomic E-state index is 0.162. The minimum atomic E-state index is -0.373. The first-order chi connectivity index (χ1) is 10.1. The maximum absolute atomic E-state index is 13.8. The molecule has 1 aromatic carbocycles. The molecule has 0 bridgehead atoms. The van der Waals surface area contributed by atoms with Gasteiger partial charge >= 0.3 is 0 Å². The summed E-state index contributed by atoms with van der Waals surface area (Å²) in [4.78, 5) is 0. The molecule has 0 saturated heterocycles. The zero-order valence-corrected chi connectivity index (χ0v) is 12.6. The summed E-state index contributed by atoms with van der Waals surface area (Å²) in [5, 5.41) is 11.3. The Balaban J connectivity index is 1.97. The molecule has 2 aromatic rings. The van der Waals surface area contributed by atoms with Crippen molar-refractivity contribution in [3.63, 3.8) is 0 Å². The Morgan fingerprint density at radius 2 is 2.00 bits per heavy atom. The summed E-state index contributed by atoms with van der Waals surface area (Å²) in [6, 6.07) is 8.52. The van der Waals surface area contributed by atoms with Crippen LogP contribution in [0, 0.1) is 18.7 Å². The molecule has 1 N–H and O–H groups in total. The molecule has 0 aliphatic carbocycles. The molecule has 5 heteroatoms. The molecule has 0 aliphatic heterocycles. The number of hydrogen-bond acceptors (Lipinski definition) is 4. The quantitative estimate of drug-likeness (QED) is 0.884. The van der Waals surface area contributed by atoms with Gasteiger partial charge in [0.15, 0.2) is 11.6 Å². The monoisotopic (exact) mass is 289 g/mol. The van der Waals surface area contributed by atoms with E-state index in [1.807, 2.05) is 6.07 Å². The predicted octanol–water partition coefficient (Wildman–Crippen LogP) is 3.46. The van der Waals surface area contributed by atoms with E-state index in [0.29, 0.717) is 18.0 Å². The zero-order valence-electron chi connectivity index (χ0n) is 12.6. The van der Waals surface area contributed by atoms with E-state index in [1.165, 1.54) is 0 Å². The molecule has 0 amide bonds. The van der Waals surface area contributed by atoms with Crippen molar-refractivity contribution < 1.29 is 9.13 Å². The van der Waals surface area contributed by atoms with Gasteiger partial charge in [-0.3, -0.25) is 0 Å². The summed E-state index contributed by atoms with van der Waals surface area (Å²) in [5.74, 6) is 0.661. The van der Waals surface area contributed by atoms with Gasteiger partial charge in [-0.05, 0) is 37.1 Å². The van der Waals surface area contributed by atoms with E-state index in [2.05, 4.69) is 29.4 Å². The average Bonchev–Trinajstić information content (AvgIpc) is 2.45. The summed E-state index contributed by atoms with van der Waals surface area (Å²) >= 11 is 0. The first-order valence-electron chi connectivity index (χ1n) is 7.02. The van der Waals surface area contributed by atoms with Crippen molar-refractivity contribution in [3.05, 3.63) is 47.4 Å². The maximum atomic E-state index is 13.8. The number of aromatic nitrogens is 2. The van der Waals surface area contributed by atoms with Gasteiger partial charge in [0, 0.05) is 12.6 Å². The second kappa shape index (κ2) is 7.13. The number of benzene rings is 1. The van der Waals surface area contributed by atoms with E-state index < -0.39 is 0 Å². The van der Waals surface area contributed by atoms with Crippen LogP contribution in [-0.2, 0) is 6.54 Å². The van der Waals surface area contributed by atoms with Gasteiger partial charge in [-0.1, -0.05) is 26.0 Å². The van der Waals surface area contributed by atoms with E-state index in [4.69, 9.17) is 4.74 Å². The Morgan fingerprint density at radius 3 is 2.67 bits per heavy atom. The highest BCUT2D eigenvalue weighted by Gasteiger charge is 2.08. The highest BCUT2D eigenvalue weighted by Crippen LogP contribution is 2.24. The topological polar surface area (TPSA) is 47.0 Å². The molecule has 4 nitrogen and oxygen atoms in total. The van der Waals surface area contributed by atoms with Gasteiger partial charge in [-0.25, -0.2) is 4.39 Å². The van der Waals surface area contributed by atoms with Crippen LogP contribution >= 0.6 is 0 Å². The SMILES string of the molecule is Cc1cccc(Oc2ccc(CNCC(C)C)nn2)c1F. The number of rotatable bonds is 6. The molecular weight excluding hydrogens is 269 g/mol. The molecule has 0 atom stereocenters. The second-order valence-corrected chi connectivity index (χ2v) is 5.38. The lowest BCUT2D eigenvalue weighted by atomic mass is 10.2. The normalized spacial score (nSPS) is 10.9. The van der Waals surface area contributed by atoms with Crippen LogP contribution in [0.3, 0.4) is 0 Å². The van der Waals surface area contributed by atoms with Crippen LogP contribution in [0.4, 0.5) is 4.39 Å². The first-order valence-corrected chi connectivity index (χ1v) is 7.02. The fraction of sp³-hybridized carbons (Fsp3) is 0.375. The van der Waals surface area contributed by atoms with Crippen molar-refractivity contribution in [1.29, 1.82) is 0 Å². The highest BCUT2D eigenvalue weighted by atomic mass is 19.1. The molecule has 0 aliphatic rings. The third-order valence-electron chi connectivity index (χ3n) is 2.92. The van der Waals surface area contributed by atoms with Crippen LogP contribution in [0.15, 0.2) is 30.3 Å². The van der Waals surface area contributed by atoms with E-state index in [1.54, 1.807) is 31.2 Å². The lowest BCUT2D eigenvalue weighted by Crippen LogP contribution is -2.19. The smallest absolute Gasteiger partial charge is 0.239 e. The van der Waals surface area contributed by atoms with E-state index in [-0.39, 0.29) is 17.4 Å². The molecule has 0 spiro atoms. The van der Waals surface area contributed by atoms with Gasteiger partial charge in [-0.2, -0.15) is 5.10 Å². The molecule has 21 heavy (non-hydrogen) atoms. The number of halogens is 1. The van der Waals surface area contributed by atoms with Crippen molar-refractivity contribution in [2.24, 2.45) is 5.92 Å². The summed E-state index contributed by atoms with van der Waals surface area (Å²) in [7, 11) is 0. The molecule has 0 unspecified atom stereocenters. The molecule has 2 rings (SSSR count). The van der Waals surface area contributed by atoms with Gasteiger partial charge in [0.05, 0.1) is 5.69 Å². The average molecular weight is 289 g/mol. The van der Waals surface area contributed by atoms with Crippen LogP contribution < -0.4 is 10.1 Å². The minimum Gasteiger partial charge on any atom is -0.434 e. The van der Waals surface area contributed by atoms with Crippen LogP contribution in [0.1, 0.15) is 25.1 Å². The van der Waals surface area contributed by atoms with Crippen LogP contribution in [0.2, 0.25) is 0 Å². The third kappa shape index (κ3) is 4.49. The largest absolute Gasteiger partial charge is 0.434 e. The predicted molar refractivity (Wildman–Crippen MR) is 79.8 cm³/mol. The molecular formula is C16H20FN3O. The van der Waals surface area contributed by atoms with Crippen molar-refractivity contribution in [2.45, 2.75) is 27.3 Å². The van der Waals surface area contributed by atoms with Gasteiger partial charge in [0.1, 0.15) is 0 Å². The van der Waals surface area contributed by atoms with Gasteiger partial charge in [-0.15, -0.1) is 5.10 Å². The highest BCUT2D eigenvalue weighted by molar-refractivity contribution is 5.32. The van der Waals surface area contributed by atoms with E-state index in [9.17, 15) is 4.39 Å². The van der Waals surface area contributed by atoms with Crippen molar-refractivity contribution >= 4 is 0 Å². The van der Waals surface area contributed by atoms with Gasteiger partial charge in [0.25, 0.3) is 0 Å². The zero-order chi connectivity index (χ0) is 15.2. The molecule has 112 valence electrons. The maximum Gasteiger partial charge on any atom is 0.239 e. The molecule has 1 heterocycles. The Kier molecular flexibility index (Phi) is 5.22. The lowest BCUT2D eigenvalue weighted by molar-refractivity contribution is 0.418. The lowest BCUT2D eigenvalue weighted by Gasteiger charge is -2.08. The van der Waals surface area contributed by atoms with Gasteiger partial charge in [0.2, 0.25) is 5.88 Å². The van der Waals surface area contributed by atoms with Crippen LogP contribution in [-0.4, -0.2) is 16.7 Å². The molecule has 0 saturated carbocycles. The fourth-order valence-corrected chi connectivity index (χ4v) is 1.80. The Bertz CT molecular complexity index is 585. The fourth-order valence-electron chi connectivity index (χ4n) is 1.80. The number of ether oxygens (including phenoxy) is 1. The summed E-state index contributed by atoms with van der Waals surface area (Å²) in [5.41, 5.74) is 1.36. The van der Waals surface area contributed by atoms with E-state index >= 15 is 0 Å². The Labute approximate surface area is 124 Å². The van der Waals surface area contributed by atoms with Crippen LogP contribution in [0.5, 0.6) is 11.6 Å². The Morgan fingerprint density at radius 1 is 1.19 bits per heavy atom. The first kappa shape index (κ1) is 15.4. The van der Waals surface area contributed by atoms with E-state index in [0.717, 1.165) is 12.2 Å². The third-order valence-corrected chi connectivity index (χ3v) is 2.92.